The lowest BCUT2D eigenvalue weighted by Gasteiger charge is -2.23. The van der Waals surface area contributed by atoms with E-state index in [1.54, 1.807) is 19.9 Å². The van der Waals surface area contributed by atoms with Crippen LogP contribution < -0.4 is 10.9 Å². The molecule has 0 saturated heterocycles. The number of hydrogen-bond donors (Lipinski definition) is 2. The zero-order valence-corrected chi connectivity index (χ0v) is 16.2. The molecule has 4 nitrogen and oxygen atoms in total. The number of alkyl halides is 3. The molecular weight excluding hydrogens is 375 g/mol. The number of rotatable bonds is 4. The summed E-state index contributed by atoms with van der Waals surface area (Å²) >= 11 is 1.44. The van der Waals surface area contributed by atoms with E-state index in [-0.39, 0.29) is 11.1 Å². The number of thiophene rings is 1. The van der Waals surface area contributed by atoms with E-state index in [0.717, 1.165) is 16.5 Å². The Morgan fingerprint density at radius 2 is 1.81 bits per heavy atom. The zero-order valence-electron chi connectivity index (χ0n) is 15.4. The topological polar surface area (TPSA) is 57.8 Å². The molecule has 144 valence electrons. The van der Waals surface area contributed by atoms with Gasteiger partial charge in [-0.25, -0.2) is 4.98 Å². The molecule has 0 radical (unpaired) electrons. The summed E-state index contributed by atoms with van der Waals surface area (Å²) < 4.78 is 39.8. The summed E-state index contributed by atoms with van der Waals surface area (Å²) in [4.78, 5) is 21.4. The molecule has 2 N–H and O–H groups in total. The van der Waals surface area contributed by atoms with Gasteiger partial charge in [0, 0.05) is 10.9 Å². The third-order valence-corrected chi connectivity index (χ3v) is 5.80. The van der Waals surface area contributed by atoms with Crippen LogP contribution in [0, 0.1) is 13.8 Å². The lowest BCUT2D eigenvalue weighted by molar-refractivity contribution is -0.138. The molecule has 0 fully saturated rings. The average Bonchev–Trinajstić information content (AvgIpc) is 2.88. The highest BCUT2D eigenvalue weighted by molar-refractivity contribution is 7.18. The minimum absolute atomic E-state index is 0.156. The van der Waals surface area contributed by atoms with Crippen LogP contribution in [0.15, 0.2) is 29.1 Å². The van der Waals surface area contributed by atoms with Gasteiger partial charge in [0.2, 0.25) is 0 Å². The largest absolute Gasteiger partial charge is 0.416 e. The van der Waals surface area contributed by atoms with Gasteiger partial charge in [0.25, 0.3) is 5.56 Å². The molecule has 2 atom stereocenters. The Bertz CT molecular complexity index is 1040. The summed E-state index contributed by atoms with van der Waals surface area (Å²) in [6, 6.07) is 4.47. The van der Waals surface area contributed by atoms with Crippen molar-refractivity contribution >= 4 is 21.6 Å². The van der Waals surface area contributed by atoms with Crippen LogP contribution in [0.25, 0.3) is 10.2 Å². The molecule has 2 aromatic heterocycles. The molecule has 0 aliphatic rings. The molecule has 0 amide bonds. The van der Waals surface area contributed by atoms with E-state index in [1.807, 2.05) is 13.8 Å². The highest BCUT2D eigenvalue weighted by Gasteiger charge is 2.34. The van der Waals surface area contributed by atoms with Gasteiger partial charge in [0.1, 0.15) is 10.7 Å². The summed E-state index contributed by atoms with van der Waals surface area (Å²) in [7, 11) is 0. The third-order valence-electron chi connectivity index (χ3n) is 4.70. The van der Waals surface area contributed by atoms with E-state index in [4.69, 9.17) is 0 Å². The van der Waals surface area contributed by atoms with E-state index in [1.165, 1.54) is 23.5 Å². The second-order valence-electron chi connectivity index (χ2n) is 6.61. The molecule has 3 aromatic rings. The number of aryl methyl sites for hydroxylation is 2. The summed E-state index contributed by atoms with van der Waals surface area (Å²) in [6.45, 7) is 7.24. The lowest BCUT2D eigenvalue weighted by Crippen LogP contribution is -2.27. The fraction of sp³-hybridized carbons (Fsp3) is 0.368. The van der Waals surface area contributed by atoms with E-state index in [0.29, 0.717) is 16.0 Å². The van der Waals surface area contributed by atoms with Gasteiger partial charge in [-0.3, -0.25) is 4.79 Å². The molecule has 2 heterocycles. The highest BCUT2D eigenvalue weighted by Crippen LogP contribution is 2.35. The van der Waals surface area contributed by atoms with Crippen LogP contribution in [-0.4, -0.2) is 9.97 Å². The van der Waals surface area contributed by atoms with Crippen molar-refractivity contribution in [2.75, 3.05) is 0 Å². The molecule has 1 aromatic carbocycles. The van der Waals surface area contributed by atoms with Crippen molar-refractivity contribution in [2.45, 2.75) is 46.0 Å². The number of nitrogens with one attached hydrogen (secondary N) is 2. The molecule has 8 heteroatoms. The number of hydrogen-bond acceptors (Lipinski definition) is 4. The second-order valence-corrected chi connectivity index (χ2v) is 7.81. The number of aromatic amines is 1. The average molecular weight is 395 g/mol. The first-order valence-corrected chi connectivity index (χ1v) is 9.33. The van der Waals surface area contributed by atoms with Crippen molar-refractivity contribution in [1.29, 1.82) is 0 Å². The van der Waals surface area contributed by atoms with Crippen molar-refractivity contribution in [1.82, 2.24) is 15.3 Å². The van der Waals surface area contributed by atoms with Gasteiger partial charge < -0.3 is 10.3 Å². The van der Waals surface area contributed by atoms with Crippen LogP contribution in [0.3, 0.4) is 0 Å². The van der Waals surface area contributed by atoms with Crippen LogP contribution in [0.5, 0.6) is 0 Å². The predicted molar refractivity (Wildman–Crippen MR) is 101 cm³/mol. The first-order valence-electron chi connectivity index (χ1n) is 8.51. The molecule has 0 spiro atoms. The Balaban J connectivity index is 1.91. The second kappa shape index (κ2) is 7.09. The van der Waals surface area contributed by atoms with Crippen molar-refractivity contribution in [2.24, 2.45) is 0 Å². The number of benzene rings is 1. The zero-order chi connectivity index (χ0) is 19.9. The van der Waals surface area contributed by atoms with E-state index in [9.17, 15) is 18.0 Å². The van der Waals surface area contributed by atoms with Gasteiger partial charge in [-0.2, -0.15) is 13.2 Å². The Kier molecular flexibility index (Phi) is 5.14. The third kappa shape index (κ3) is 3.77. The summed E-state index contributed by atoms with van der Waals surface area (Å²) in [6.07, 6.45) is -4.42. The van der Waals surface area contributed by atoms with Crippen molar-refractivity contribution < 1.29 is 13.2 Å². The maximum absolute atomic E-state index is 13.3. The Morgan fingerprint density at radius 3 is 2.48 bits per heavy atom. The maximum Gasteiger partial charge on any atom is 0.416 e. The molecule has 0 aliphatic heterocycles. The smallest absolute Gasteiger partial charge is 0.309 e. The Labute approximate surface area is 158 Å². The van der Waals surface area contributed by atoms with Crippen LogP contribution in [0.2, 0.25) is 0 Å². The number of nitrogens with zero attached hydrogens (tertiary/aromatic N) is 1. The lowest BCUT2D eigenvalue weighted by atomic mass is 10.0. The number of fused-ring (bicyclic) bond motifs is 1. The monoisotopic (exact) mass is 395 g/mol. The fourth-order valence-electron chi connectivity index (χ4n) is 3.15. The summed E-state index contributed by atoms with van der Waals surface area (Å²) in [5.74, 6) is 0.407. The minimum atomic E-state index is -4.42. The Hall–Kier alpha value is -2.19. The number of halogens is 3. The number of H-pyrrole nitrogens is 1. The molecule has 0 saturated carbocycles. The van der Waals surface area contributed by atoms with E-state index in [2.05, 4.69) is 15.3 Å². The van der Waals surface area contributed by atoms with Gasteiger partial charge in [0.05, 0.1) is 17.0 Å². The first kappa shape index (κ1) is 19.6. The quantitative estimate of drug-likeness (QED) is 0.651. The van der Waals surface area contributed by atoms with Gasteiger partial charge in [-0.1, -0.05) is 18.2 Å². The molecule has 27 heavy (non-hydrogen) atoms. The van der Waals surface area contributed by atoms with E-state index >= 15 is 0 Å². The Morgan fingerprint density at radius 1 is 1.15 bits per heavy atom. The molecule has 0 aliphatic carbocycles. The molecule has 0 unspecified atom stereocenters. The van der Waals surface area contributed by atoms with E-state index < -0.39 is 23.8 Å². The van der Waals surface area contributed by atoms with Crippen LogP contribution in [0.4, 0.5) is 13.2 Å². The van der Waals surface area contributed by atoms with Gasteiger partial charge >= 0.3 is 6.18 Å². The number of aromatic nitrogens is 2. The van der Waals surface area contributed by atoms with Crippen LogP contribution in [-0.2, 0) is 6.18 Å². The van der Waals surface area contributed by atoms with Gasteiger partial charge in [-0.15, -0.1) is 11.3 Å². The maximum atomic E-state index is 13.3. The predicted octanol–water partition coefficient (Wildman–Crippen LogP) is 5.03. The van der Waals surface area contributed by atoms with Crippen molar-refractivity contribution in [3.63, 3.8) is 0 Å². The SMILES string of the molecule is Cc1sc2nc([C@@H](C)N[C@H](C)c3ccccc3C(F)(F)F)[nH]c(=O)c2c1C. The highest BCUT2D eigenvalue weighted by atomic mass is 32.1. The van der Waals surface area contributed by atoms with Crippen molar-refractivity contribution in [3.05, 3.63) is 62.0 Å². The minimum Gasteiger partial charge on any atom is -0.309 e. The summed E-state index contributed by atoms with van der Waals surface area (Å²) in [5.41, 5.74) is 0.166. The van der Waals surface area contributed by atoms with Gasteiger partial charge in [0.15, 0.2) is 0 Å². The first-order chi connectivity index (χ1) is 12.6. The van der Waals surface area contributed by atoms with Crippen LogP contribution in [0.1, 0.15) is 53.3 Å². The normalized spacial score (nSPS) is 14.5. The standard InChI is InChI=1S/C19H20F3N3OS/c1-9-12(4)27-18-15(9)17(26)24-16(25-18)11(3)23-10(2)13-7-5-6-8-14(13)19(20,21)22/h5-8,10-11,23H,1-4H3,(H,24,25,26)/t10-,11-/m1/s1. The fourth-order valence-corrected chi connectivity index (χ4v) is 4.19. The molecular formula is C19H20F3N3OS. The summed E-state index contributed by atoms with van der Waals surface area (Å²) in [5, 5.41) is 3.68. The van der Waals surface area contributed by atoms with Crippen molar-refractivity contribution in [3.8, 4) is 0 Å². The van der Waals surface area contributed by atoms with Gasteiger partial charge in [-0.05, 0) is 44.9 Å². The molecule has 3 rings (SSSR count). The molecule has 0 bridgehead atoms. The van der Waals surface area contributed by atoms with Crippen LogP contribution >= 0.6 is 11.3 Å².